The second kappa shape index (κ2) is 5.08. The predicted molar refractivity (Wildman–Crippen MR) is 63.6 cm³/mol. The Morgan fingerprint density at radius 2 is 1.89 bits per heavy atom. The Morgan fingerprint density at radius 1 is 1.28 bits per heavy atom. The fourth-order valence-electron chi connectivity index (χ4n) is 3.07. The molecule has 5 heteroatoms. The molecule has 2 fully saturated rings. The summed E-state index contributed by atoms with van der Waals surface area (Å²) >= 11 is 0. The highest BCUT2D eigenvalue weighted by molar-refractivity contribution is 6.02. The number of imide groups is 1. The Morgan fingerprint density at radius 3 is 2.44 bits per heavy atom. The molecule has 0 aromatic heterocycles. The van der Waals surface area contributed by atoms with Crippen molar-refractivity contribution in [2.45, 2.75) is 51.5 Å². The van der Waals surface area contributed by atoms with Crippen molar-refractivity contribution >= 4 is 17.8 Å². The van der Waals surface area contributed by atoms with Crippen LogP contribution in [0.4, 0.5) is 0 Å². The molecule has 1 aliphatic heterocycles. The van der Waals surface area contributed by atoms with E-state index >= 15 is 0 Å². The van der Waals surface area contributed by atoms with Gasteiger partial charge in [0, 0.05) is 12.3 Å². The Kier molecular flexibility index (Phi) is 3.68. The van der Waals surface area contributed by atoms with Gasteiger partial charge in [-0.1, -0.05) is 19.8 Å². The lowest BCUT2D eigenvalue weighted by Crippen LogP contribution is -2.46. The minimum atomic E-state index is -1.08. The maximum absolute atomic E-state index is 12.3. The van der Waals surface area contributed by atoms with Crippen LogP contribution in [0.3, 0.4) is 0 Å². The summed E-state index contributed by atoms with van der Waals surface area (Å²) < 4.78 is 0. The van der Waals surface area contributed by atoms with Gasteiger partial charge >= 0.3 is 5.97 Å². The number of amides is 2. The summed E-state index contributed by atoms with van der Waals surface area (Å²) in [5.41, 5.74) is 0. The molecule has 2 unspecified atom stereocenters. The quantitative estimate of drug-likeness (QED) is 0.825. The van der Waals surface area contributed by atoms with Gasteiger partial charge in [0.2, 0.25) is 11.8 Å². The number of carbonyl (C=O) groups excluding carboxylic acids is 2. The second-order valence-electron chi connectivity index (χ2n) is 5.33. The normalized spacial score (nSPS) is 26.6. The molecule has 2 atom stereocenters. The summed E-state index contributed by atoms with van der Waals surface area (Å²) in [7, 11) is 0. The molecular weight excluding hydrogens is 234 g/mol. The van der Waals surface area contributed by atoms with Gasteiger partial charge in [0.05, 0.1) is 0 Å². The third kappa shape index (κ3) is 2.26. The smallest absolute Gasteiger partial charge is 0.326 e. The molecule has 1 saturated heterocycles. The number of rotatable bonds is 3. The van der Waals surface area contributed by atoms with Crippen LogP contribution < -0.4 is 0 Å². The first kappa shape index (κ1) is 13.1. The van der Waals surface area contributed by atoms with E-state index in [0.717, 1.165) is 30.6 Å². The minimum Gasteiger partial charge on any atom is -0.480 e. The summed E-state index contributed by atoms with van der Waals surface area (Å²) in [6.45, 7) is 1.82. The molecule has 100 valence electrons. The topological polar surface area (TPSA) is 74.7 Å². The fraction of sp³-hybridized carbons (Fsp3) is 0.769. The van der Waals surface area contributed by atoms with Gasteiger partial charge in [-0.3, -0.25) is 14.5 Å². The number of likely N-dealkylation sites (tertiary alicyclic amines) is 1. The monoisotopic (exact) mass is 253 g/mol. The summed E-state index contributed by atoms with van der Waals surface area (Å²) in [5.74, 6) is -1.64. The Labute approximate surface area is 106 Å². The van der Waals surface area contributed by atoms with Gasteiger partial charge in [0.1, 0.15) is 6.04 Å². The van der Waals surface area contributed by atoms with Crippen LogP contribution >= 0.6 is 0 Å². The van der Waals surface area contributed by atoms with Gasteiger partial charge in [-0.2, -0.15) is 0 Å². The van der Waals surface area contributed by atoms with Crippen molar-refractivity contribution in [3.05, 3.63) is 0 Å². The summed E-state index contributed by atoms with van der Waals surface area (Å²) in [6, 6.07) is -0.950. The van der Waals surface area contributed by atoms with Crippen LogP contribution in [0.1, 0.15) is 45.4 Å². The van der Waals surface area contributed by atoms with Gasteiger partial charge in [0.15, 0.2) is 0 Å². The second-order valence-corrected chi connectivity index (χ2v) is 5.33. The first-order valence-electron chi connectivity index (χ1n) is 6.61. The molecule has 2 rings (SSSR count). The number of nitrogens with zero attached hydrogens (tertiary/aromatic N) is 1. The highest BCUT2D eigenvalue weighted by Crippen LogP contribution is 2.33. The molecule has 1 aliphatic carbocycles. The molecular formula is C13H19NO4. The van der Waals surface area contributed by atoms with E-state index in [2.05, 4.69) is 0 Å². The average molecular weight is 253 g/mol. The van der Waals surface area contributed by atoms with Crippen LogP contribution in [0.25, 0.3) is 0 Å². The van der Waals surface area contributed by atoms with E-state index in [-0.39, 0.29) is 30.6 Å². The van der Waals surface area contributed by atoms with Crippen molar-refractivity contribution in [1.29, 1.82) is 0 Å². The molecule has 0 aromatic rings. The third-order valence-corrected chi connectivity index (χ3v) is 4.23. The third-order valence-electron chi connectivity index (χ3n) is 4.23. The highest BCUT2D eigenvalue weighted by atomic mass is 16.4. The van der Waals surface area contributed by atoms with E-state index in [9.17, 15) is 14.4 Å². The van der Waals surface area contributed by atoms with E-state index in [1.54, 1.807) is 0 Å². The fourth-order valence-corrected chi connectivity index (χ4v) is 3.07. The Balaban J connectivity index is 2.10. The van der Waals surface area contributed by atoms with Crippen molar-refractivity contribution in [3.8, 4) is 0 Å². The lowest BCUT2D eigenvalue weighted by atomic mass is 9.91. The van der Waals surface area contributed by atoms with Crippen LogP contribution in [0.15, 0.2) is 0 Å². The van der Waals surface area contributed by atoms with Crippen LogP contribution in [0.5, 0.6) is 0 Å². The van der Waals surface area contributed by atoms with Crippen molar-refractivity contribution in [2.75, 3.05) is 0 Å². The minimum absolute atomic E-state index is 0.167. The van der Waals surface area contributed by atoms with E-state index in [1.165, 1.54) is 0 Å². The molecule has 0 bridgehead atoms. The van der Waals surface area contributed by atoms with Gasteiger partial charge in [-0.15, -0.1) is 0 Å². The Bertz CT molecular complexity index is 373. The van der Waals surface area contributed by atoms with Crippen LogP contribution in [-0.2, 0) is 14.4 Å². The standard InChI is InChI=1S/C13H19NO4/c1-8(9-4-2-3-5-9)12(16)14-10(13(17)18)6-7-11(14)15/h8-10H,2-7H2,1H3,(H,17,18). The molecule has 2 amide bonds. The number of hydrogen-bond donors (Lipinski definition) is 1. The van der Waals surface area contributed by atoms with E-state index < -0.39 is 12.0 Å². The van der Waals surface area contributed by atoms with Crippen molar-refractivity contribution in [3.63, 3.8) is 0 Å². The SMILES string of the molecule is CC(C(=O)N1C(=O)CCC1C(=O)O)C1CCCC1. The number of carbonyl (C=O) groups is 3. The van der Waals surface area contributed by atoms with Gasteiger partial charge in [0.25, 0.3) is 0 Å². The first-order chi connectivity index (χ1) is 8.52. The lowest BCUT2D eigenvalue weighted by molar-refractivity contribution is -0.156. The maximum atomic E-state index is 12.3. The van der Waals surface area contributed by atoms with Gasteiger partial charge in [-0.25, -0.2) is 4.79 Å². The van der Waals surface area contributed by atoms with E-state index in [0.29, 0.717) is 5.92 Å². The number of aliphatic carboxylic acids is 1. The molecule has 2 aliphatic rings. The first-order valence-corrected chi connectivity index (χ1v) is 6.61. The molecule has 1 N–H and O–H groups in total. The van der Waals surface area contributed by atoms with Crippen LogP contribution in [0, 0.1) is 11.8 Å². The zero-order valence-corrected chi connectivity index (χ0v) is 10.6. The summed E-state index contributed by atoms with van der Waals surface area (Å²) in [4.78, 5) is 36.0. The maximum Gasteiger partial charge on any atom is 0.326 e. The largest absolute Gasteiger partial charge is 0.480 e. The lowest BCUT2D eigenvalue weighted by Gasteiger charge is -2.26. The van der Waals surface area contributed by atoms with Crippen molar-refractivity contribution in [2.24, 2.45) is 11.8 Å². The molecule has 5 nitrogen and oxygen atoms in total. The molecule has 18 heavy (non-hydrogen) atoms. The van der Waals surface area contributed by atoms with Crippen LogP contribution in [-0.4, -0.2) is 33.8 Å². The Hall–Kier alpha value is -1.39. The number of carboxylic acid groups (broad SMARTS) is 1. The van der Waals surface area contributed by atoms with Gasteiger partial charge in [-0.05, 0) is 25.2 Å². The predicted octanol–water partition coefficient (Wildman–Crippen LogP) is 1.41. The summed E-state index contributed by atoms with van der Waals surface area (Å²) in [6.07, 6.45) is 4.67. The van der Waals surface area contributed by atoms with E-state index in [1.807, 2.05) is 6.92 Å². The number of carboxylic acids is 1. The van der Waals surface area contributed by atoms with Crippen molar-refractivity contribution in [1.82, 2.24) is 4.90 Å². The molecule has 1 heterocycles. The zero-order chi connectivity index (χ0) is 13.3. The zero-order valence-electron chi connectivity index (χ0n) is 10.6. The molecule has 0 spiro atoms. The highest BCUT2D eigenvalue weighted by Gasteiger charge is 2.43. The van der Waals surface area contributed by atoms with E-state index in [4.69, 9.17) is 5.11 Å². The number of hydrogen-bond acceptors (Lipinski definition) is 3. The average Bonchev–Trinajstić information content (AvgIpc) is 2.95. The molecule has 0 aromatic carbocycles. The molecule has 0 radical (unpaired) electrons. The van der Waals surface area contributed by atoms with Crippen molar-refractivity contribution < 1.29 is 19.5 Å². The summed E-state index contributed by atoms with van der Waals surface area (Å²) in [5, 5.41) is 9.05. The van der Waals surface area contributed by atoms with Crippen LogP contribution in [0.2, 0.25) is 0 Å². The van der Waals surface area contributed by atoms with Gasteiger partial charge < -0.3 is 5.11 Å². The molecule has 1 saturated carbocycles.